The summed E-state index contributed by atoms with van der Waals surface area (Å²) in [6.45, 7) is 0.543. The van der Waals surface area contributed by atoms with Crippen molar-refractivity contribution in [3.05, 3.63) is 95.8 Å². The molecule has 3 heterocycles. The Bertz CT molecular complexity index is 1090. The third-order valence-electron chi connectivity index (χ3n) is 4.34. The summed E-state index contributed by atoms with van der Waals surface area (Å²) in [4.78, 5) is 17.6. The number of thiophene rings is 1. The van der Waals surface area contributed by atoms with Gasteiger partial charge in [-0.15, -0.1) is 11.3 Å². The van der Waals surface area contributed by atoms with Crippen molar-refractivity contribution in [1.82, 2.24) is 20.1 Å². The van der Waals surface area contributed by atoms with Gasteiger partial charge in [0.25, 0.3) is 0 Å². The van der Waals surface area contributed by atoms with Crippen LogP contribution in [0, 0.1) is 0 Å². The van der Waals surface area contributed by atoms with Gasteiger partial charge < -0.3 is 5.32 Å². The molecule has 4 rings (SSSR count). The van der Waals surface area contributed by atoms with Crippen molar-refractivity contribution in [2.45, 2.75) is 6.42 Å². The normalized spacial score (nSPS) is 11.0. The lowest BCUT2D eigenvalue weighted by Gasteiger charge is -2.01. The van der Waals surface area contributed by atoms with Gasteiger partial charge in [0.15, 0.2) is 0 Å². The summed E-state index contributed by atoms with van der Waals surface area (Å²) in [5, 5.41) is 9.66. The lowest BCUT2D eigenvalue weighted by atomic mass is 10.2. The number of hydrogen-bond acceptors (Lipinski definition) is 4. The smallest absolute Gasteiger partial charge is 0.244 e. The fourth-order valence-electron chi connectivity index (χ4n) is 2.91. The molecule has 5 nitrogen and oxygen atoms in total. The van der Waals surface area contributed by atoms with Crippen LogP contribution in [0.3, 0.4) is 0 Å². The number of hydrogen-bond donors (Lipinski definition) is 1. The summed E-state index contributed by atoms with van der Waals surface area (Å²) >= 11 is 1.63. The van der Waals surface area contributed by atoms with Crippen LogP contribution in [-0.2, 0) is 11.2 Å². The fourth-order valence-corrected chi connectivity index (χ4v) is 3.64. The number of rotatable bonds is 7. The average Bonchev–Trinajstić information content (AvgIpc) is 3.43. The van der Waals surface area contributed by atoms with Crippen LogP contribution in [0.4, 0.5) is 0 Å². The molecule has 0 fully saturated rings. The molecular weight excluding hydrogens is 380 g/mol. The minimum absolute atomic E-state index is 0.134. The Morgan fingerprint density at radius 3 is 2.69 bits per heavy atom. The van der Waals surface area contributed by atoms with Gasteiger partial charge in [0.1, 0.15) is 5.69 Å². The van der Waals surface area contributed by atoms with E-state index in [1.807, 2.05) is 83.0 Å². The van der Waals surface area contributed by atoms with Crippen molar-refractivity contribution in [3.63, 3.8) is 0 Å². The van der Waals surface area contributed by atoms with Crippen LogP contribution >= 0.6 is 11.3 Å². The van der Waals surface area contributed by atoms with E-state index in [1.54, 1.807) is 23.6 Å². The summed E-state index contributed by atoms with van der Waals surface area (Å²) in [6.07, 6.45) is 7.78. The molecule has 0 atom stereocenters. The van der Waals surface area contributed by atoms with E-state index in [4.69, 9.17) is 5.10 Å². The molecule has 0 aliphatic rings. The van der Waals surface area contributed by atoms with Crippen molar-refractivity contribution in [2.75, 3.05) is 6.54 Å². The summed E-state index contributed by atoms with van der Waals surface area (Å²) in [5.41, 5.74) is 3.70. The van der Waals surface area contributed by atoms with Gasteiger partial charge in [-0.3, -0.25) is 9.78 Å². The fraction of sp³-hybridized carbons (Fsp3) is 0.0870. The average molecular weight is 401 g/mol. The first kappa shape index (κ1) is 18.8. The van der Waals surface area contributed by atoms with Gasteiger partial charge in [-0.2, -0.15) is 5.10 Å². The molecular formula is C23H20N4OS. The van der Waals surface area contributed by atoms with Gasteiger partial charge in [0.2, 0.25) is 5.91 Å². The summed E-state index contributed by atoms with van der Waals surface area (Å²) in [6, 6.07) is 19.7. The van der Waals surface area contributed by atoms with E-state index in [0.717, 1.165) is 27.5 Å². The van der Waals surface area contributed by atoms with E-state index in [-0.39, 0.29) is 5.91 Å². The molecule has 0 aliphatic heterocycles. The zero-order valence-corrected chi connectivity index (χ0v) is 16.5. The molecule has 0 saturated carbocycles. The number of benzene rings is 1. The number of amides is 1. The van der Waals surface area contributed by atoms with E-state index in [0.29, 0.717) is 13.0 Å². The highest BCUT2D eigenvalue weighted by atomic mass is 32.1. The first-order chi connectivity index (χ1) is 14.3. The second-order valence-corrected chi connectivity index (χ2v) is 7.33. The monoisotopic (exact) mass is 400 g/mol. The zero-order valence-electron chi connectivity index (χ0n) is 15.7. The minimum atomic E-state index is -0.134. The maximum atomic E-state index is 12.2. The summed E-state index contributed by atoms with van der Waals surface area (Å²) in [7, 11) is 0. The van der Waals surface area contributed by atoms with Gasteiger partial charge in [0.05, 0.1) is 10.6 Å². The Morgan fingerprint density at radius 1 is 1.07 bits per heavy atom. The molecule has 0 bridgehead atoms. The SMILES string of the molecule is O=C(C=Cc1cn(-c2ccccc2)nc1-c1cccs1)NCCc1ccccn1. The largest absolute Gasteiger partial charge is 0.352 e. The lowest BCUT2D eigenvalue weighted by Crippen LogP contribution is -2.23. The van der Waals surface area contributed by atoms with Gasteiger partial charge in [-0.05, 0) is 41.8 Å². The summed E-state index contributed by atoms with van der Waals surface area (Å²) in [5.74, 6) is -0.134. The number of carbonyl (C=O) groups excluding carboxylic acids is 1. The van der Waals surface area contributed by atoms with Gasteiger partial charge in [0, 0.05) is 42.7 Å². The van der Waals surface area contributed by atoms with Crippen LogP contribution in [0.1, 0.15) is 11.3 Å². The highest BCUT2D eigenvalue weighted by Crippen LogP contribution is 2.28. The standard InChI is InChI=1S/C23H20N4OS/c28-22(25-15-13-19-7-4-5-14-24-19)12-11-18-17-27(20-8-2-1-3-9-20)26-23(18)21-10-6-16-29-21/h1-12,14,16-17H,13,15H2,(H,25,28). The Hall–Kier alpha value is -3.51. The molecule has 1 amide bonds. The van der Waals surface area contributed by atoms with Crippen molar-refractivity contribution in [3.8, 4) is 16.3 Å². The van der Waals surface area contributed by atoms with Crippen LogP contribution < -0.4 is 5.32 Å². The number of para-hydroxylation sites is 1. The highest BCUT2D eigenvalue weighted by molar-refractivity contribution is 7.13. The molecule has 0 aliphatic carbocycles. The van der Waals surface area contributed by atoms with Crippen molar-refractivity contribution < 1.29 is 4.79 Å². The second-order valence-electron chi connectivity index (χ2n) is 6.39. The topological polar surface area (TPSA) is 59.8 Å². The number of pyridine rings is 1. The third-order valence-corrected chi connectivity index (χ3v) is 5.22. The Balaban J connectivity index is 1.48. The number of nitrogens with one attached hydrogen (secondary N) is 1. The van der Waals surface area contributed by atoms with Crippen molar-refractivity contribution >= 4 is 23.3 Å². The third kappa shape index (κ3) is 4.86. The van der Waals surface area contributed by atoms with Crippen LogP contribution in [0.15, 0.2) is 84.5 Å². The molecule has 6 heteroatoms. The molecule has 1 N–H and O–H groups in total. The van der Waals surface area contributed by atoms with E-state index in [2.05, 4.69) is 10.3 Å². The maximum absolute atomic E-state index is 12.2. The zero-order chi connectivity index (χ0) is 19.9. The number of aromatic nitrogens is 3. The molecule has 0 unspecified atom stereocenters. The molecule has 1 aromatic carbocycles. The molecule has 0 saturated heterocycles. The second kappa shape index (κ2) is 9.12. The first-order valence-corrected chi connectivity index (χ1v) is 10.2. The maximum Gasteiger partial charge on any atom is 0.244 e. The van der Waals surface area contributed by atoms with E-state index < -0.39 is 0 Å². The Morgan fingerprint density at radius 2 is 1.93 bits per heavy atom. The Labute approximate surface area is 173 Å². The molecule has 144 valence electrons. The van der Waals surface area contributed by atoms with Gasteiger partial charge >= 0.3 is 0 Å². The Kier molecular flexibility index (Phi) is 5.92. The molecule has 0 radical (unpaired) electrons. The minimum Gasteiger partial charge on any atom is -0.352 e. The lowest BCUT2D eigenvalue weighted by molar-refractivity contribution is -0.116. The predicted octanol–water partition coefficient (Wildman–Crippen LogP) is 4.37. The van der Waals surface area contributed by atoms with Gasteiger partial charge in [-0.25, -0.2) is 4.68 Å². The molecule has 4 aromatic rings. The van der Waals surface area contributed by atoms with Crippen LogP contribution in [0.2, 0.25) is 0 Å². The molecule has 0 spiro atoms. The molecule has 29 heavy (non-hydrogen) atoms. The van der Waals surface area contributed by atoms with Crippen molar-refractivity contribution in [2.24, 2.45) is 0 Å². The van der Waals surface area contributed by atoms with Crippen LogP contribution in [-0.4, -0.2) is 27.2 Å². The van der Waals surface area contributed by atoms with Crippen LogP contribution in [0.25, 0.3) is 22.3 Å². The van der Waals surface area contributed by atoms with Gasteiger partial charge in [-0.1, -0.05) is 30.3 Å². The predicted molar refractivity (Wildman–Crippen MR) is 117 cm³/mol. The highest BCUT2D eigenvalue weighted by Gasteiger charge is 2.11. The van der Waals surface area contributed by atoms with Crippen LogP contribution in [0.5, 0.6) is 0 Å². The number of nitrogens with zero attached hydrogens (tertiary/aromatic N) is 3. The van der Waals surface area contributed by atoms with E-state index in [1.165, 1.54) is 0 Å². The van der Waals surface area contributed by atoms with Crippen molar-refractivity contribution in [1.29, 1.82) is 0 Å². The summed E-state index contributed by atoms with van der Waals surface area (Å²) < 4.78 is 1.84. The van der Waals surface area contributed by atoms with E-state index in [9.17, 15) is 4.79 Å². The molecule has 3 aromatic heterocycles. The van der Waals surface area contributed by atoms with E-state index >= 15 is 0 Å². The quantitative estimate of drug-likeness (QED) is 0.469. The number of carbonyl (C=O) groups is 1. The first-order valence-electron chi connectivity index (χ1n) is 9.34.